The van der Waals surface area contributed by atoms with Gasteiger partial charge in [-0.25, -0.2) is 4.39 Å². The summed E-state index contributed by atoms with van der Waals surface area (Å²) in [7, 11) is 0. The first-order chi connectivity index (χ1) is 13.8. The van der Waals surface area contributed by atoms with Crippen LogP contribution in [0.2, 0.25) is 0 Å². The Labute approximate surface area is 166 Å². The fraction of sp³-hybridized carbons (Fsp3) is 0.308. The van der Waals surface area contributed by atoms with Crippen LogP contribution in [-0.2, 0) is 19.3 Å². The van der Waals surface area contributed by atoms with Crippen molar-refractivity contribution in [3.63, 3.8) is 0 Å². The first kappa shape index (κ1) is 17.6. The number of hydrogen-bond acceptors (Lipinski definition) is 1. The molecular formula is C26H26FN. The molecule has 142 valence electrons. The summed E-state index contributed by atoms with van der Waals surface area (Å²) < 4.78 is 13.5. The molecule has 2 aliphatic rings. The molecule has 5 rings (SSSR count). The predicted octanol–water partition coefficient (Wildman–Crippen LogP) is 5.80. The smallest absolute Gasteiger partial charge is 0.123 e. The molecule has 2 heteroatoms. The SMILES string of the molecule is Fc1cccc(C2=CCN(CCc3ccc4ccc5c(c4c3)CCC5)CC2)c1. The molecule has 0 atom stereocenters. The Balaban J connectivity index is 1.26. The molecule has 0 saturated carbocycles. The molecule has 1 heterocycles. The molecule has 0 aromatic heterocycles. The molecule has 0 amide bonds. The second-order valence-corrected chi connectivity index (χ2v) is 8.15. The standard InChI is InChI=1S/C26H26FN/c27-24-5-1-4-23(18-24)20-12-15-28(16-13-20)14-11-19-7-8-22-10-9-21-3-2-6-25(21)26(22)17-19/h1,4-5,7-10,12,17-18H,2-3,6,11,13-16H2. The van der Waals surface area contributed by atoms with Crippen LogP contribution in [0.1, 0.15) is 35.1 Å². The van der Waals surface area contributed by atoms with E-state index in [4.69, 9.17) is 0 Å². The second-order valence-electron chi connectivity index (χ2n) is 8.15. The minimum atomic E-state index is -0.149. The average molecular weight is 371 g/mol. The molecule has 28 heavy (non-hydrogen) atoms. The molecule has 3 aromatic carbocycles. The van der Waals surface area contributed by atoms with E-state index in [1.54, 1.807) is 23.3 Å². The molecule has 1 aliphatic heterocycles. The van der Waals surface area contributed by atoms with Crippen LogP contribution in [0.5, 0.6) is 0 Å². The lowest BCUT2D eigenvalue weighted by Gasteiger charge is -2.26. The highest BCUT2D eigenvalue weighted by molar-refractivity contribution is 5.88. The van der Waals surface area contributed by atoms with E-state index in [0.29, 0.717) is 0 Å². The Morgan fingerprint density at radius 3 is 2.71 bits per heavy atom. The van der Waals surface area contributed by atoms with Gasteiger partial charge >= 0.3 is 0 Å². The zero-order chi connectivity index (χ0) is 18.9. The van der Waals surface area contributed by atoms with Gasteiger partial charge in [-0.05, 0) is 82.8 Å². The highest BCUT2D eigenvalue weighted by Crippen LogP contribution is 2.30. The van der Waals surface area contributed by atoms with Gasteiger partial charge in [0.1, 0.15) is 5.82 Å². The molecular weight excluding hydrogens is 345 g/mol. The average Bonchev–Trinajstić information content (AvgIpc) is 3.22. The van der Waals surface area contributed by atoms with Crippen LogP contribution in [0.15, 0.2) is 60.7 Å². The molecule has 0 radical (unpaired) electrons. The van der Waals surface area contributed by atoms with Crippen LogP contribution >= 0.6 is 0 Å². The van der Waals surface area contributed by atoms with Crippen molar-refractivity contribution in [2.75, 3.05) is 19.6 Å². The second kappa shape index (κ2) is 7.52. The molecule has 0 unspecified atom stereocenters. The van der Waals surface area contributed by atoms with Gasteiger partial charge in [0.25, 0.3) is 0 Å². The number of halogens is 1. The lowest BCUT2D eigenvalue weighted by molar-refractivity contribution is 0.306. The fourth-order valence-electron chi connectivity index (χ4n) is 4.77. The van der Waals surface area contributed by atoms with Crippen LogP contribution < -0.4 is 0 Å². The third-order valence-electron chi connectivity index (χ3n) is 6.37. The minimum absolute atomic E-state index is 0.149. The summed E-state index contributed by atoms with van der Waals surface area (Å²) in [6.45, 7) is 3.08. The van der Waals surface area contributed by atoms with Crippen molar-refractivity contribution >= 4 is 16.3 Å². The zero-order valence-corrected chi connectivity index (χ0v) is 16.3. The topological polar surface area (TPSA) is 3.24 Å². The van der Waals surface area contributed by atoms with Gasteiger partial charge < -0.3 is 0 Å². The van der Waals surface area contributed by atoms with E-state index >= 15 is 0 Å². The van der Waals surface area contributed by atoms with E-state index in [-0.39, 0.29) is 5.82 Å². The van der Waals surface area contributed by atoms with Crippen molar-refractivity contribution in [1.29, 1.82) is 0 Å². The van der Waals surface area contributed by atoms with Crippen LogP contribution in [-0.4, -0.2) is 24.5 Å². The third-order valence-corrected chi connectivity index (χ3v) is 6.37. The maximum absolute atomic E-state index is 13.5. The molecule has 0 bridgehead atoms. The van der Waals surface area contributed by atoms with E-state index in [9.17, 15) is 4.39 Å². The van der Waals surface area contributed by atoms with Crippen LogP contribution in [0.3, 0.4) is 0 Å². The third kappa shape index (κ3) is 3.49. The molecule has 1 aliphatic carbocycles. The molecule has 3 aromatic rings. The molecule has 0 fully saturated rings. The summed E-state index contributed by atoms with van der Waals surface area (Å²) in [5, 5.41) is 2.85. The number of rotatable bonds is 4. The molecule has 1 nitrogen and oxygen atoms in total. The maximum atomic E-state index is 13.5. The van der Waals surface area contributed by atoms with Gasteiger partial charge in [-0.3, -0.25) is 4.90 Å². The number of aryl methyl sites for hydroxylation is 2. The maximum Gasteiger partial charge on any atom is 0.123 e. The summed E-state index contributed by atoms with van der Waals surface area (Å²) in [6.07, 6.45) is 8.12. The first-order valence-electron chi connectivity index (χ1n) is 10.5. The van der Waals surface area contributed by atoms with Crippen molar-refractivity contribution in [1.82, 2.24) is 4.90 Å². The Morgan fingerprint density at radius 2 is 1.86 bits per heavy atom. The summed E-state index contributed by atoms with van der Waals surface area (Å²) in [6, 6.07) is 18.6. The molecule has 0 N–H and O–H groups in total. The van der Waals surface area contributed by atoms with Crippen molar-refractivity contribution in [3.05, 3.63) is 88.7 Å². The fourth-order valence-corrected chi connectivity index (χ4v) is 4.77. The Kier molecular flexibility index (Phi) is 4.74. The quantitative estimate of drug-likeness (QED) is 0.560. The van der Waals surface area contributed by atoms with Crippen molar-refractivity contribution in [2.24, 2.45) is 0 Å². The van der Waals surface area contributed by atoms with Crippen LogP contribution in [0.25, 0.3) is 16.3 Å². The lowest BCUT2D eigenvalue weighted by atomic mass is 9.97. The zero-order valence-electron chi connectivity index (χ0n) is 16.3. The molecule has 0 spiro atoms. The summed E-state index contributed by atoms with van der Waals surface area (Å²) in [5.74, 6) is -0.149. The van der Waals surface area contributed by atoms with Crippen molar-refractivity contribution in [2.45, 2.75) is 32.1 Å². The van der Waals surface area contributed by atoms with E-state index in [1.807, 2.05) is 6.07 Å². The highest BCUT2D eigenvalue weighted by Gasteiger charge is 2.15. The molecule has 0 saturated heterocycles. The first-order valence-corrected chi connectivity index (χ1v) is 10.5. The predicted molar refractivity (Wildman–Crippen MR) is 115 cm³/mol. The van der Waals surface area contributed by atoms with E-state index in [0.717, 1.165) is 38.0 Å². The highest BCUT2D eigenvalue weighted by atomic mass is 19.1. The number of nitrogens with zero attached hydrogens (tertiary/aromatic N) is 1. The Hall–Kier alpha value is -2.45. The van der Waals surface area contributed by atoms with E-state index in [1.165, 1.54) is 47.2 Å². The summed E-state index contributed by atoms with van der Waals surface area (Å²) >= 11 is 0. The Morgan fingerprint density at radius 1 is 0.929 bits per heavy atom. The largest absolute Gasteiger partial charge is 0.299 e. The number of benzene rings is 3. The van der Waals surface area contributed by atoms with Gasteiger partial charge in [-0.1, -0.05) is 48.5 Å². The summed E-state index contributed by atoms with van der Waals surface area (Å²) in [4.78, 5) is 2.50. The van der Waals surface area contributed by atoms with E-state index in [2.05, 4.69) is 41.3 Å². The van der Waals surface area contributed by atoms with Gasteiger partial charge in [-0.15, -0.1) is 0 Å². The van der Waals surface area contributed by atoms with E-state index < -0.39 is 0 Å². The van der Waals surface area contributed by atoms with Gasteiger partial charge in [0.2, 0.25) is 0 Å². The van der Waals surface area contributed by atoms with Crippen molar-refractivity contribution in [3.8, 4) is 0 Å². The minimum Gasteiger partial charge on any atom is -0.299 e. The number of hydrogen-bond donors (Lipinski definition) is 0. The van der Waals surface area contributed by atoms with Crippen LogP contribution in [0, 0.1) is 5.82 Å². The lowest BCUT2D eigenvalue weighted by Crippen LogP contribution is -2.30. The number of fused-ring (bicyclic) bond motifs is 3. The summed E-state index contributed by atoms with van der Waals surface area (Å²) in [5.41, 5.74) is 6.88. The monoisotopic (exact) mass is 371 g/mol. The van der Waals surface area contributed by atoms with Crippen LogP contribution in [0.4, 0.5) is 4.39 Å². The Bertz CT molecular complexity index is 1050. The van der Waals surface area contributed by atoms with Gasteiger partial charge in [0.05, 0.1) is 0 Å². The van der Waals surface area contributed by atoms with Gasteiger partial charge in [0, 0.05) is 19.6 Å². The van der Waals surface area contributed by atoms with Gasteiger partial charge in [0.15, 0.2) is 0 Å². The van der Waals surface area contributed by atoms with Gasteiger partial charge in [-0.2, -0.15) is 0 Å². The normalized spacial score (nSPS) is 17.0. The van der Waals surface area contributed by atoms with Crippen molar-refractivity contribution < 1.29 is 4.39 Å².